The third kappa shape index (κ3) is 3.90. The fourth-order valence-electron chi connectivity index (χ4n) is 2.37. The van der Waals surface area contributed by atoms with E-state index in [1.807, 2.05) is 12.1 Å². The van der Waals surface area contributed by atoms with Crippen LogP contribution in [-0.4, -0.2) is 11.9 Å². The number of hydrogen-bond acceptors (Lipinski definition) is 3. The lowest BCUT2D eigenvalue weighted by Gasteiger charge is -2.23. The number of nitrogens with two attached hydrogens (primary N) is 1. The molecule has 0 spiro atoms. The average Bonchev–Trinajstić information content (AvgIpc) is 2.39. The van der Waals surface area contributed by atoms with Crippen LogP contribution in [0.3, 0.4) is 0 Å². The first-order valence-electron chi connectivity index (χ1n) is 7.20. The van der Waals surface area contributed by atoms with Crippen LogP contribution in [0.2, 0.25) is 5.02 Å². The second-order valence-corrected chi connectivity index (χ2v) is 7.14. The Balaban J connectivity index is 2.19. The van der Waals surface area contributed by atoms with Crippen molar-refractivity contribution in [2.45, 2.75) is 33.2 Å². The number of fused-ring (bicyclic) bond motifs is 1. The molecule has 0 fully saturated rings. The molecule has 0 aliphatic carbocycles. The molecule has 0 radical (unpaired) electrons. The number of amides is 1. The van der Waals surface area contributed by atoms with Gasteiger partial charge in [-0.25, -0.2) is 0 Å². The van der Waals surface area contributed by atoms with Gasteiger partial charge >= 0.3 is 0 Å². The Kier molecular flexibility index (Phi) is 4.63. The summed E-state index contributed by atoms with van der Waals surface area (Å²) in [6.45, 7) is 10.1. The molecule has 22 heavy (non-hydrogen) atoms. The normalized spacial score (nSPS) is 15.0. The van der Waals surface area contributed by atoms with Gasteiger partial charge in [0.1, 0.15) is 0 Å². The van der Waals surface area contributed by atoms with Crippen LogP contribution >= 0.6 is 11.6 Å². The highest BCUT2D eigenvalue weighted by Crippen LogP contribution is 2.31. The van der Waals surface area contributed by atoms with Gasteiger partial charge in [0.25, 0.3) is 0 Å². The maximum Gasteiger partial charge on any atom is 0.241 e. The molecule has 1 amide bonds. The van der Waals surface area contributed by atoms with E-state index in [4.69, 9.17) is 17.3 Å². The van der Waals surface area contributed by atoms with Crippen molar-refractivity contribution in [1.29, 1.82) is 0 Å². The largest absolute Gasteiger partial charge is 0.362 e. The molecule has 0 aromatic heterocycles. The third-order valence-electron chi connectivity index (χ3n) is 3.41. The number of anilines is 1. The molecule has 0 saturated heterocycles. The van der Waals surface area contributed by atoms with E-state index in [1.54, 1.807) is 12.3 Å². The van der Waals surface area contributed by atoms with Crippen LogP contribution < -0.4 is 16.4 Å². The molecule has 2 rings (SSSR count). The molecule has 1 aliphatic rings. The molecule has 4 N–H and O–H groups in total. The minimum absolute atomic E-state index is 0.0114. The number of halogens is 1. The second-order valence-electron chi connectivity index (χ2n) is 6.74. The fraction of sp³-hybridized carbons (Fsp3) is 0.353. The van der Waals surface area contributed by atoms with Gasteiger partial charge in [-0.2, -0.15) is 0 Å². The molecular formula is C17H22ClN3O. The maximum absolute atomic E-state index is 12.2. The molecule has 1 aromatic rings. The number of hydrogen-bond donors (Lipinski definition) is 3. The molecule has 118 valence electrons. The minimum Gasteiger partial charge on any atom is -0.362 e. The summed E-state index contributed by atoms with van der Waals surface area (Å²) in [7, 11) is 0. The van der Waals surface area contributed by atoms with Crippen LogP contribution in [0.25, 0.3) is 11.8 Å². The lowest BCUT2D eigenvalue weighted by Crippen LogP contribution is -2.38. The summed E-state index contributed by atoms with van der Waals surface area (Å²) in [6.07, 6.45) is 4.31. The van der Waals surface area contributed by atoms with Crippen LogP contribution in [0.15, 0.2) is 24.9 Å². The number of rotatable bonds is 3. The predicted molar refractivity (Wildman–Crippen MR) is 93.3 cm³/mol. The van der Waals surface area contributed by atoms with Crippen molar-refractivity contribution < 1.29 is 4.79 Å². The van der Waals surface area contributed by atoms with Crippen molar-refractivity contribution in [3.63, 3.8) is 0 Å². The zero-order valence-corrected chi connectivity index (χ0v) is 13.9. The summed E-state index contributed by atoms with van der Waals surface area (Å²) < 4.78 is 0. The van der Waals surface area contributed by atoms with Gasteiger partial charge in [-0.1, -0.05) is 39.0 Å². The number of nitrogens with one attached hydrogen (secondary N) is 2. The molecule has 1 aliphatic heterocycles. The standard InChI is InChI=1S/C17H22ClN3O/c1-10-12-8-13(18)15(7-11(12)5-6-20-10)21-16(22)14(19)9-17(2,3)4/h5-8,14,20H,1,9,19H2,2-4H3,(H,21,22)/t14-/m0/s1. The summed E-state index contributed by atoms with van der Waals surface area (Å²) in [4.78, 5) is 12.2. The van der Waals surface area contributed by atoms with E-state index in [1.165, 1.54) is 0 Å². The van der Waals surface area contributed by atoms with Gasteiger partial charge in [-0.05, 0) is 35.6 Å². The van der Waals surface area contributed by atoms with Crippen LogP contribution in [0.4, 0.5) is 5.69 Å². The van der Waals surface area contributed by atoms with Crippen LogP contribution in [-0.2, 0) is 4.79 Å². The predicted octanol–water partition coefficient (Wildman–Crippen LogP) is 3.59. The van der Waals surface area contributed by atoms with Gasteiger partial charge in [-0.3, -0.25) is 4.79 Å². The minimum atomic E-state index is -0.570. The topological polar surface area (TPSA) is 67.1 Å². The molecular weight excluding hydrogens is 298 g/mol. The van der Waals surface area contributed by atoms with Crippen molar-refractivity contribution in [2.75, 3.05) is 5.32 Å². The average molecular weight is 320 g/mol. The lowest BCUT2D eigenvalue weighted by atomic mass is 9.88. The first-order chi connectivity index (χ1) is 10.2. The van der Waals surface area contributed by atoms with Crippen molar-refractivity contribution in [1.82, 2.24) is 5.32 Å². The van der Waals surface area contributed by atoms with Crippen LogP contribution in [0.5, 0.6) is 0 Å². The molecule has 1 atom stereocenters. The SMILES string of the molecule is C=C1NC=Cc2cc(NC(=O)[C@@H](N)CC(C)(C)C)c(Cl)cc21. The van der Waals surface area contributed by atoms with Crippen molar-refractivity contribution in [3.05, 3.63) is 41.1 Å². The van der Waals surface area contributed by atoms with E-state index >= 15 is 0 Å². The van der Waals surface area contributed by atoms with Crippen molar-refractivity contribution in [3.8, 4) is 0 Å². The summed E-state index contributed by atoms with van der Waals surface area (Å²) in [6, 6.07) is 3.06. The number of carbonyl (C=O) groups is 1. The molecule has 1 heterocycles. The zero-order valence-electron chi connectivity index (χ0n) is 13.2. The molecule has 5 heteroatoms. The van der Waals surface area contributed by atoms with E-state index in [0.717, 1.165) is 16.8 Å². The van der Waals surface area contributed by atoms with E-state index in [2.05, 4.69) is 38.0 Å². The highest BCUT2D eigenvalue weighted by Gasteiger charge is 2.22. The van der Waals surface area contributed by atoms with Gasteiger partial charge < -0.3 is 16.4 Å². The second kappa shape index (κ2) is 6.15. The highest BCUT2D eigenvalue weighted by atomic mass is 35.5. The molecule has 1 aromatic carbocycles. The zero-order chi connectivity index (χ0) is 16.5. The molecule has 0 unspecified atom stereocenters. The summed E-state index contributed by atoms with van der Waals surface area (Å²) in [5, 5.41) is 6.31. The van der Waals surface area contributed by atoms with Gasteiger partial charge in [-0.15, -0.1) is 0 Å². The quantitative estimate of drug-likeness (QED) is 0.797. The number of benzene rings is 1. The van der Waals surface area contributed by atoms with Crippen LogP contribution in [0.1, 0.15) is 38.3 Å². The van der Waals surface area contributed by atoms with Gasteiger partial charge in [0.15, 0.2) is 0 Å². The summed E-state index contributed by atoms with van der Waals surface area (Å²) >= 11 is 6.26. The number of carbonyl (C=O) groups excluding carboxylic acids is 1. The van der Waals surface area contributed by atoms with E-state index in [-0.39, 0.29) is 11.3 Å². The fourth-order valence-corrected chi connectivity index (χ4v) is 2.58. The van der Waals surface area contributed by atoms with E-state index < -0.39 is 6.04 Å². The van der Waals surface area contributed by atoms with E-state index in [9.17, 15) is 4.79 Å². The molecule has 4 nitrogen and oxygen atoms in total. The first-order valence-corrected chi connectivity index (χ1v) is 7.57. The van der Waals surface area contributed by atoms with Crippen molar-refractivity contribution >= 4 is 35.0 Å². The smallest absolute Gasteiger partial charge is 0.241 e. The lowest BCUT2D eigenvalue weighted by molar-refractivity contribution is -0.118. The van der Waals surface area contributed by atoms with Gasteiger partial charge in [0.2, 0.25) is 5.91 Å². The van der Waals surface area contributed by atoms with Gasteiger partial charge in [0, 0.05) is 17.5 Å². The van der Waals surface area contributed by atoms with Crippen LogP contribution in [0, 0.1) is 5.41 Å². The monoisotopic (exact) mass is 319 g/mol. The Bertz CT molecular complexity index is 644. The molecule has 0 bridgehead atoms. The van der Waals surface area contributed by atoms with E-state index in [0.29, 0.717) is 17.1 Å². The Morgan fingerprint density at radius 1 is 1.45 bits per heavy atom. The van der Waals surface area contributed by atoms with Gasteiger partial charge in [0.05, 0.1) is 16.8 Å². The van der Waals surface area contributed by atoms with Crippen molar-refractivity contribution in [2.24, 2.45) is 11.1 Å². The Labute approximate surface area is 136 Å². The molecule has 0 saturated carbocycles. The maximum atomic E-state index is 12.2. The third-order valence-corrected chi connectivity index (χ3v) is 3.72. The highest BCUT2D eigenvalue weighted by molar-refractivity contribution is 6.34. The Hall–Kier alpha value is -1.78. The summed E-state index contributed by atoms with van der Waals surface area (Å²) in [5.74, 6) is -0.228. The Morgan fingerprint density at radius 2 is 2.14 bits per heavy atom. The first kappa shape index (κ1) is 16.6. The Morgan fingerprint density at radius 3 is 2.77 bits per heavy atom. The summed E-state index contributed by atoms with van der Waals surface area (Å²) in [5.41, 5.74) is 9.17.